The standard InChI is InChI=1S/C12H15F2NO/c1-7(8(2)15)12(16)6-9-3-4-10(13)11(14)5-9/h3-5,7-8H,6,15H2,1-2H3. The van der Waals surface area contributed by atoms with Crippen molar-refractivity contribution in [3.05, 3.63) is 35.4 Å². The normalized spacial score (nSPS) is 14.6. The summed E-state index contributed by atoms with van der Waals surface area (Å²) in [5.41, 5.74) is 6.06. The maximum atomic E-state index is 12.9. The van der Waals surface area contributed by atoms with E-state index in [1.165, 1.54) is 6.07 Å². The molecular weight excluding hydrogens is 212 g/mol. The molecule has 2 nitrogen and oxygen atoms in total. The Morgan fingerprint density at radius 1 is 1.31 bits per heavy atom. The van der Waals surface area contributed by atoms with Crippen molar-refractivity contribution in [1.82, 2.24) is 0 Å². The Balaban J connectivity index is 2.74. The van der Waals surface area contributed by atoms with Gasteiger partial charge in [0.25, 0.3) is 0 Å². The Morgan fingerprint density at radius 2 is 1.94 bits per heavy atom. The predicted molar refractivity (Wildman–Crippen MR) is 57.9 cm³/mol. The Kier molecular flexibility index (Phi) is 4.12. The van der Waals surface area contributed by atoms with Gasteiger partial charge in [-0.15, -0.1) is 0 Å². The maximum Gasteiger partial charge on any atom is 0.159 e. The zero-order valence-corrected chi connectivity index (χ0v) is 9.34. The molecule has 2 atom stereocenters. The van der Waals surface area contributed by atoms with Gasteiger partial charge in [0.15, 0.2) is 11.6 Å². The highest BCUT2D eigenvalue weighted by molar-refractivity contribution is 5.83. The van der Waals surface area contributed by atoms with E-state index in [4.69, 9.17) is 5.73 Å². The van der Waals surface area contributed by atoms with Gasteiger partial charge in [-0.2, -0.15) is 0 Å². The first-order valence-electron chi connectivity index (χ1n) is 5.14. The molecule has 88 valence electrons. The van der Waals surface area contributed by atoms with Crippen LogP contribution >= 0.6 is 0 Å². The van der Waals surface area contributed by atoms with Crippen molar-refractivity contribution in [3.8, 4) is 0 Å². The second-order valence-electron chi connectivity index (χ2n) is 4.04. The minimum atomic E-state index is -0.932. The van der Waals surface area contributed by atoms with Crippen LogP contribution in [0.25, 0.3) is 0 Å². The van der Waals surface area contributed by atoms with Gasteiger partial charge in [0.1, 0.15) is 5.78 Å². The van der Waals surface area contributed by atoms with Crippen LogP contribution in [-0.2, 0) is 11.2 Å². The Hall–Kier alpha value is -1.29. The lowest BCUT2D eigenvalue weighted by Gasteiger charge is -2.14. The van der Waals surface area contributed by atoms with E-state index in [-0.39, 0.29) is 24.2 Å². The number of halogens is 2. The number of ketones is 1. The van der Waals surface area contributed by atoms with Crippen molar-refractivity contribution in [2.45, 2.75) is 26.3 Å². The van der Waals surface area contributed by atoms with Crippen molar-refractivity contribution in [2.24, 2.45) is 11.7 Å². The van der Waals surface area contributed by atoms with Gasteiger partial charge < -0.3 is 5.73 Å². The van der Waals surface area contributed by atoms with Crippen molar-refractivity contribution in [1.29, 1.82) is 0 Å². The average Bonchev–Trinajstić information content (AvgIpc) is 2.22. The van der Waals surface area contributed by atoms with Crippen molar-refractivity contribution < 1.29 is 13.6 Å². The van der Waals surface area contributed by atoms with Gasteiger partial charge in [0, 0.05) is 18.4 Å². The van der Waals surface area contributed by atoms with Crippen molar-refractivity contribution >= 4 is 5.78 Å². The Bertz CT molecular complexity index is 391. The lowest BCUT2D eigenvalue weighted by atomic mass is 9.94. The third-order valence-electron chi connectivity index (χ3n) is 2.66. The second-order valence-corrected chi connectivity index (χ2v) is 4.04. The molecule has 0 radical (unpaired) electrons. The smallest absolute Gasteiger partial charge is 0.159 e. The van der Waals surface area contributed by atoms with Crippen LogP contribution in [0.5, 0.6) is 0 Å². The third-order valence-corrected chi connectivity index (χ3v) is 2.66. The first kappa shape index (κ1) is 12.8. The predicted octanol–water partition coefficient (Wildman–Crippen LogP) is 2.06. The molecule has 0 fully saturated rings. The fourth-order valence-corrected chi connectivity index (χ4v) is 1.30. The van der Waals surface area contributed by atoms with Crippen LogP contribution in [0.15, 0.2) is 18.2 Å². The fourth-order valence-electron chi connectivity index (χ4n) is 1.30. The van der Waals surface area contributed by atoms with Gasteiger partial charge in [-0.3, -0.25) is 4.79 Å². The van der Waals surface area contributed by atoms with Gasteiger partial charge in [-0.25, -0.2) is 8.78 Å². The SMILES string of the molecule is CC(N)C(C)C(=O)Cc1ccc(F)c(F)c1. The van der Waals surface area contributed by atoms with Crippen LogP contribution in [-0.4, -0.2) is 11.8 Å². The Morgan fingerprint density at radius 3 is 2.44 bits per heavy atom. The molecule has 0 bridgehead atoms. The summed E-state index contributed by atoms with van der Waals surface area (Å²) >= 11 is 0. The molecule has 0 spiro atoms. The number of nitrogens with two attached hydrogens (primary N) is 1. The first-order valence-corrected chi connectivity index (χ1v) is 5.14. The van der Waals surface area contributed by atoms with Gasteiger partial charge in [0.05, 0.1) is 0 Å². The molecule has 16 heavy (non-hydrogen) atoms. The van der Waals surface area contributed by atoms with Crippen LogP contribution in [0.4, 0.5) is 8.78 Å². The topological polar surface area (TPSA) is 43.1 Å². The molecule has 0 aromatic heterocycles. The van der Waals surface area contributed by atoms with Crippen molar-refractivity contribution in [3.63, 3.8) is 0 Å². The molecule has 0 saturated heterocycles. The van der Waals surface area contributed by atoms with E-state index in [9.17, 15) is 13.6 Å². The molecule has 2 unspecified atom stereocenters. The van der Waals surface area contributed by atoms with E-state index in [2.05, 4.69) is 0 Å². The van der Waals surface area contributed by atoms with E-state index >= 15 is 0 Å². The summed E-state index contributed by atoms with van der Waals surface area (Å²) in [6.07, 6.45) is 0.0832. The summed E-state index contributed by atoms with van der Waals surface area (Å²) in [4.78, 5) is 11.7. The molecule has 0 heterocycles. The van der Waals surface area contributed by atoms with Crippen LogP contribution < -0.4 is 5.73 Å². The number of rotatable bonds is 4. The largest absolute Gasteiger partial charge is 0.327 e. The monoisotopic (exact) mass is 227 g/mol. The zero-order valence-electron chi connectivity index (χ0n) is 9.34. The zero-order chi connectivity index (χ0) is 12.3. The lowest BCUT2D eigenvalue weighted by molar-refractivity contribution is -0.122. The summed E-state index contributed by atoms with van der Waals surface area (Å²) in [6, 6.07) is 3.23. The minimum absolute atomic E-state index is 0.0685. The van der Waals surface area contributed by atoms with E-state index < -0.39 is 11.6 Å². The van der Waals surface area contributed by atoms with E-state index in [1.807, 2.05) is 0 Å². The molecule has 1 rings (SSSR count). The third kappa shape index (κ3) is 3.10. The van der Waals surface area contributed by atoms with E-state index in [0.717, 1.165) is 12.1 Å². The Labute approximate surface area is 93.5 Å². The first-order chi connectivity index (χ1) is 7.41. The second kappa shape index (κ2) is 5.16. The summed E-state index contributed by atoms with van der Waals surface area (Å²) in [7, 11) is 0. The highest BCUT2D eigenvalue weighted by atomic mass is 19.2. The van der Waals surface area contributed by atoms with Crippen LogP contribution in [0.1, 0.15) is 19.4 Å². The molecule has 0 aliphatic rings. The number of carbonyl (C=O) groups is 1. The van der Waals surface area contributed by atoms with Crippen LogP contribution in [0, 0.1) is 17.6 Å². The minimum Gasteiger partial charge on any atom is -0.327 e. The highest BCUT2D eigenvalue weighted by Gasteiger charge is 2.17. The maximum absolute atomic E-state index is 12.9. The summed E-state index contributed by atoms with van der Waals surface area (Å²) in [5, 5.41) is 0. The molecule has 0 aliphatic carbocycles. The molecule has 4 heteroatoms. The number of carbonyl (C=O) groups excluding carboxylic acids is 1. The van der Waals surface area contributed by atoms with Gasteiger partial charge in [-0.1, -0.05) is 13.0 Å². The average molecular weight is 227 g/mol. The number of benzene rings is 1. The summed E-state index contributed by atoms with van der Waals surface area (Å²) < 4.78 is 25.5. The highest BCUT2D eigenvalue weighted by Crippen LogP contribution is 2.12. The molecule has 0 amide bonds. The molecule has 1 aromatic rings. The summed E-state index contributed by atoms with van der Waals surface area (Å²) in [5.74, 6) is -2.19. The fraction of sp³-hybridized carbons (Fsp3) is 0.417. The number of hydrogen-bond donors (Lipinski definition) is 1. The van der Waals surface area contributed by atoms with Gasteiger partial charge in [0.2, 0.25) is 0 Å². The van der Waals surface area contributed by atoms with Gasteiger partial charge >= 0.3 is 0 Å². The molecular formula is C12H15F2NO. The number of Topliss-reactive ketones (excluding diaryl/α,β-unsaturated/α-hetero) is 1. The molecule has 1 aromatic carbocycles. The van der Waals surface area contributed by atoms with Gasteiger partial charge in [-0.05, 0) is 24.6 Å². The molecule has 0 aliphatic heterocycles. The summed E-state index contributed by atoms with van der Waals surface area (Å²) in [6.45, 7) is 3.47. The van der Waals surface area contributed by atoms with E-state index in [1.54, 1.807) is 13.8 Å². The quantitative estimate of drug-likeness (QED) is 0.855. The number of hydrogen-bond acceptors (Lipinski definition) is 2. The van der Waals surface area contributed by atoms with Crippen LogP contribution in [0.2, 0.25) is 0 Å². The molecule has 2 N–H and O–H groups in total. The lowest BCUT2D eigenvalue weighted by Crippen LogP contribution is -2.31. The van der Waals surface area contributed by atoms with E-state index in [0.29, 0.717) is 5.56 Å². The molecule has 0 saturated carbocycles. The van der Waals surface area contributed by atoms with Crippen LogP contribution in [0.3, 0.4) is 0 Å². The van der Waals surface area contributed by atoms with Crippen molar-refractivity contribution in [2.75, 3.05) is 0 Å².